The molecule has 1 fully saturated rings. The van der Waals surface area contributed by atoms with Gasteiger partial charge in [0.05, 0.1) is 22.3 Å². The van der Waals surface area contributed by atoms with Gasteiger partial charge in [-0.1, -0.05) is 37.6 Å². The number of carbonyl (C=O) groups is 1. The molecule has 0 amide bonds. The van der Waals surface area contributed by atoms with Crippen molar-refractivity contribution in [3.63, 3.8) is 0 Å². The molecule has 1 aromatic heterocycles. The van der Waals surface area contributed by atoms with Crippen LogP contribution in [0.15, 0.2) is 29.6 Å². The van der Waals surface area contributed by atoms with Crippen molar-refractivity contribution in [3.05, 3.63) is 40.4 Å². The van der Waals surface area contributed by atoms with E-state index in [2.05, 4.69) is 24.1 Å². The number of rotatable bonds is 5. The number of aromatic nitrogens is 1. The van der Waals surface area contributed by atoms with Gasteiger partial charge in [0.25, 0.3) is 0 Å². The van der Waals surface area contributed by atoms with Gasteiger partial charge in [-0.2, -0.15) is 0 Å². The van der Waals surface area contributed by atoms with E-state index in [1.54, 1.807) is 0 Å². The van der Waals surface area contributed by atoms with E-state index in [0.29, 0.717) is 17.4 Å². The molecule has 128 valence electrons. The average molecular weight is 365 g/mol. The summed E-state index contributed by atoms with van der Waals surface area (Å²) in [6.45, 7) is 6.19. The molecule has 2 heterocycles. The van der Waals surface area contributed by atoms with Gasteiger partial charge < -0.3 is 10.1 Å². The van der Waals surface area contributed by atoms with Gasteiger partial charge in [-0.25, -0.2) is 4.98 Å². The highest BCUT2D eigenvalue weighted by Crippen LogP contribution is 2.42. The van der Waals surface area contributed by atoms with Gasteiger partial charge in [0.1, 0.15) is 0 Å². The van der Waals surface area contributed by atoms with Crippen molar-refractivity contribution in [1.82, 2.24) is 4.98 Å². The summed E-state index contributed by atoms with van der Waals surface area (Å²) in [4.78, 5) is 16.8. The summed E-state index contributed by atoms with van der Waals surface area (Å²) in [6.07, 6.45) is 1.53. The molecule has 3 rings (SSSR count). The van der Waals surface area contributed by atoms with Crippen LogP contribution in [0.25, 0.3) is 0 Å². The Morgan fingerprint density at radius 2 is 2.21 bits per heavy atom. The number of thiazole rings is 1. The molecule has 24 heavy (non-hydrogen) atoms. The van der Waals surface area contributed by atoms with Crippen LogP contribution in [0.5, 0.6) is 0 Å². The lowest BCUT2D eigenvalue weighted by Gasteiger charge is -2.20. The molecule has 1 aromatic carbocycles. The minimum Gasteiger partial charge on any atom is -0.453 e. The average Bonchev–Trinajstić information content (AvgIpc) is 3.07. The van der Waals surface area contributed by atoms with Crippen molar-refractivity contribution in [2.45, 2.75) is 39.2 Å². The number of carbonyl (C=O) groups excluding carboxylic acids is 1. The van der Waals surface area contributed by atoms with Crippen LogP contribution < -0.4 is 5.32 Å². The largest absolute Gasteiger partial charge is 0.453 e. The van der Waals surface area contributed by atoms with Gasteiger partial charge in [0.2, 0.25) is 0 Å². The molecule has 0 aliphatic carbocycles. The Balaban J connectivity index is 1.76. The molecule has 1 aliphatic rings. The standard InChI is InChI=1S/C18H21ClN2O2S/c1-11(2)8-12-9-18(3,23-16(12)22)15-10-24-17(21-15)20-14-7-5-4-6-13(14)19/h4-7,10-12H,8-9H2,1-3H3,(H,20,21)/t12-,18-/m0/s1. The van der Waals surface area contributed by atoms with Crippen LogP contribution >= 0.6 is 22.9 Å². The number of benzene rings is 1. The van der Waals surface area contributed by atoms with Crippen LogP contribution in [-0.4, -0.2) is 11.0 Å². The summed E-state index contributed by atoms with van der Waals surface area (Å²) >= 11 is 7.65. The third-order valence-electron chi connectivity index (χ3n) is 4.21. The fourth-order valence-electron chi connectivity index (χ4n) is 3.06. The summed E-state index contributed by atoms with van der Waals surface area (Å²) in [6, 6.07) is 7.53. The molecule has 1 aliphatic heterocycles. The summed E-state index contributed by atoms with van der Waals surface area (Å²) in [5.41, 5.74) is 0.959. The van der Waals surface area contributed by atoms with Gasteiger partial charge in [0, 0.05) is 11.8 Å². The van der Waals surface area contributed by atoms with E-state index >= 15 is 0 Å². The Bertz CT molecular complexity index is 746. The lowest BCUT2D eigenvalue weighted by atomic mass is 9.88. The van der Waals surface area contributed by atoms with Crippen molar-refractivity contribution in [2.75, 3.05) is 5.32 Å². The Labute approximate surface area is 151 Å². The van der Waals surface area contributed by atoms with Crippen LogP contribution in [0.2, 0.25) is 5.02 Å². The molecule has 0 radical (unpaired) electrons. The fraction of sp³-hybridized carbons (Fsp3) is 0.444. The zero-order valence-corrected chi connectivity index (χ0v) is 15.6. The van der Waals surface area contributed by atoms with Crippen LogP contribution in [0.4, 0.5) is 10.8 Å². The highest BCUT2D eigenvalue weighted by molar-refractivity contribution is 7.13. The number of para-hydroxylation sites is 1. The molecule has 2 atom stereocenters. The van der Waals surface area contributed by atoms with Crippen LogP contribution in [0.1, 0.15) is 39.3 Å². The first-order valence-electron chi connectivity index (χ1n) is 8.08. The predicted octanol–water partition coefficient (Wildman–Crippen LogP) is 5.36. The molecular weight excluding hydrogens is 344 g/mol. The van der Waals surface area contributed by atoms with Gasteiger partial charge in [-0.3, -0.25) is 4.79 Å². The third-order valence-corrected chi connectivity index (χ3v) is 5.30. The zero-order valence-electron chi connectivity index (χ0n) is 14.0. The van der Waals surface area contributed by atoms with E-state index in [4.69, 9.17) is 16.3 Å². The Morgan fingerprint density at radius 1 is 1.46 bits per heavy atom. The molecule has 1 N–H and O–H groups in total. The molecule has 1 saturated heterocycles. The monoisotopic (exact) mass is 364 g/mol. The van der Waals surface area contributed by atoms with E-state index in [1.165, 1.54) is 11.3 Å². The van der Waals surface area contributed by atoms with Gasteiger partial charge >= 0.3 is 5.97 Å². The molecule has 0 saturated carbocycles. The Hall–Kier alpha value is -1.59. The number of halogens is 1. The number of nitrogens with one attached hydrogen (secondary N) is 1. The minimum atomic E-state index is -0.645. The highest BCUT2D eigenvalue weighted by atomic mass is 35.5. The van der Waals surface area contributed by atoms with Crippen molar-refractivity contribution < 1.29 is 9.53 Å². The molecule has 2 aromatic rings. The first-order chi connectivity index (χ1) is 11.4. The Morgan fingerprint density at radius 3 is 2.92 bits per heavy atom. The number of esters is 1. The first-order valence-corrected chi connectivity index (χ1v) is 9.33. The van der Waals surface area contributed by atoms with Crippen molar-refractivity contribution in [2.24, 2.45) is 11.8 Å². The maximum absolute atomic E-state index is 12.2. The SMILES string of the molecule is CC(C)C[C@H]1C[C@@](C)(c2csc(Nc3ccccc3Cl)n2)OC1=O. The maximum Gasteiger partial charge on any atom is 0.310 e. The van der Waals surface area contributed by atoms with E-state index in [9.17, 15) is 4.79 Å². The number of anilines is 2. The smallest absolute Gasteiger partial charge is 0.310 e. The molecule has 6 heteroatoms. The normalized spacial score (nSPS) is 23.5. The van der Waals surface area contributed by atoms with Crippen LogP contribution in [0, 0.1) is 11.8 Å². The molecule has 0 unspecified atom stereocenters. The molecule has 4 nitrogen and oxygen atoms in total. The predicted molar refractivity (Wildman–Crippen MR) is 97.9 cm³/mol. The number of nitrogens with zero attached hydrogens (tertiary/aromatic N) is 1. The molecular formula is C18H21ClN2O2S. The lowest BCUT2D eigenvalue weighted by Crippen LogP contribution is -2.21. The zero-order chi connectivity index (χ0) is 17.3. The summed E-state index contributed by atoms with van der Waals surface area (Å²) in [5, 5.41) is 6.55. The number of ether oxygens (including phenoxy) is 1. The quantitative estimate of drug-likeness (QED) is 0.725. The minimum absolute atomic E-state index is 0.0447. The van der Waals surface area contributed by atoms with E-state index < -0.39 is 5.60 Å². The summed E-state index contributed by atoms with van der Waals surface area (Å²) in [7, 11) is 0. The second kappa shape index (κ2) is 6.73. The summed E-state index contributed by atoms with van der Waals surface area (Å²) < 4.78 is 5.69. The number of hydrogen-bond acceptors (Lipinski definition) is 5. The number of cyclic esters (lactones) is 1. The van der Waals surface area contributed by atoms with E-state index in [0.717, 1.165) is 22.9 Å². The van der Waals surface area contributed by atoms with Crippen LogP contribution in [0.3, 0.4) is 0 Å². The number of hydrogen-bond donors (Lipinski definition) is 1. The van der Waals surface area contributed by atoms with Gasteiger partial charge in [-0.05, 0) is 31.4 Å². The second-order valence-corrected chi connectivity index (χ2v) is 8.09. The maximum atomic E-state index is 12.2. The Kier molecular flexibility index (Phi) is 4.83. The van der Waals surface area contributed by atoms with Crippen LogP contribution in [-0.2, 0) is 15.1 Å². The lowest BCUT2D eigenvalue weighted by molar-refractivity contribution is -0.150. The van der Waals surface area contributed by atoms with Gasteiger partial charge in [-0.15, -0.1) is 11.3 Å². The van der Waals surface area contributed by atoms with Crippen molar-refractivity contribution >= 4 is 39.7 Å². The third kappa shape index (κ3) is 3.57. The molecule has 0 spiro atoms. The second-order valence-electron chi connectivity index (χ2n) is 6.83. The first kappa shape index (κ1) is 17.2. The fourth-order valence-corrected chi connectivity index (χ4v) is 4.09. The van der Waals surface area contributed by atoms with Crippen molar-refractivity contribution in [1.29, 1.82) is 0 Å². The van der Waals surface area contributed by atoms with Crippen molar-refractivity contribution in [3.8, 4) is 0 Å². The topological polar surface area (TPSA) is 51.2 Å². The molecule has 0 bridgehead atoms. The summed E-state index contributed by atoms with van der Waals surface area (Å²) in [5.74, 6) is 0.314. The van der Waals surface area contributed by atoms with E-state index in [1.807, 2.05) is 36.6 Å². The van der Waals surface area contributed by atoms with E-state index in [-0.39, 0.29) is 11.9 Å². The van der Waals surface area contributed by atoms with Gasteiger partial charge in [0.15, 0.2) is 10.7 Å². The highest BCUT2D eigenvalue weighted by Gasteiger charge is 2.46.